The Kier molecular flexibility index (Phi) is 4.23. The summed E-state index contributed by atoms with van der Waals surface area (Å²) in [5.41, 5.74) is 8.91. The van der Waals surface area contributed by atoms with Crippen molar-refractivity contribution in [3.63, 3.8) is 0 Å². The van der Waals surface area contributed by atoms with Gasteiger partial charge in [0, 0.05) is 16.5 Å². The second-order valence-corrected chi connectivity index (χ2v) is 3.20. The highest BCUT2D eigenvalue weighted by Gasteiger charge is 2.00. The van der Waals surface area contributed by atoms with Crippen LogP contribution in [0.2, 0.25) is 5.02 Å². The number of hydrogen-bond donors (Lipinski definition) is 0. The molecule has 14 heavy (non-hydrogen) atoms. The van der Waals surface area contributed by atoms with Gasteiger partial charge in [0.05, 0.1) is 0 Å². The highest BCUT2D eigenvalue weighted by molar-refractivity contribution is 6.31. The van der Waals surface area contributed by atoms with E-state index in [-0.39, 0.29) is 5.82 Å². The van der Waals surface area contributed by atoms with Gasteiger partial charge in [-0.15, -0.1) is 0 Å². The Balaban J connectivity index is 2.54. The van der Waals surface area contributed by atoms with E-state index in [2.05, 4.69) is 10.0 Å². The van der Waals surface area contributed by atoms with Gasteiger partial charge in [-0.2, -0.15) is 0 Å². The lowest BCUT2D eigenvalue weighted by Gasteiger charge is -2.02. The minimum Gasteiger partial charge on any atom is -0.207 e. The van der Waals surface area contributed by atoms with Crippen LogP contribution in [-0.4, -0.2) is 6.54 Å². The zero-order chi connectivity index (χ0) is 10.4. The molecular formula is C9H9ClFN3. The molecule has 0 aromatic heterocycles. The van der Waals surface area contributed by atoms with Gasteiger partial charge < -0.3 is 0 Å². The third-order valence-electron chi connectivity index (χ3n) is 1.78. The molecule has 5 heteroatoms. The van der Waals surface area contributed by atoms with Crippen LogP contribution >= 0.6 is 11.6 Å². The lowest BCUT2D eigenvalue weighted by molar-refractivity contribution is 0.627. The summed E-state index contributed by atoms with van der Waals surface area (Å²) in [6.45, 7) is 0.435. The number of benzene rings is 1. The molecule has 0 atom stereocenters. The SMILES string of the molecule is [N-]=[N+]=NCCCc1ccc(F)cc1Cl. The Morgan fingerprint density at radius 2 is 2.29 bits per heavy atom. The van der Waals surface area contributed by atoms with Crippen LogP contribution in [-0.2, 0) is 6.42 Å². The Labute approximate surface area is 86.1 Å². The minimum absolute atomic E-state index is 0.339. The molecule has 0 saturated heterocycles. The second-order valence-electron chi connectivity index (χ2n) is 2.79. The summed E-state index contributed by atoms with van der Waals surface area (Å²) in [4.78, 5) is 2.64. The van der Waals surface area contributed by atoms with Gasteiger partial charge >= 0.3 is 0 Å². The largest absolute Gasteiger partial charge is 0.207 e. The fraction of sp³-hybridized carbons (Fsp3) is 0.333. The molecule has 1 aromatic rings. The molecule has 1 aromatic carbocycles. The van der Waals surface area contributed by atoms with Crippen LogP contribution in [0.4, 0.5) is 4.39 Å². The van der Waals surface area contributed by atoms with Crippen molar-refractivity contribution in [3.8, 4) is 0 Å². The van der Waals surface area contributed by atoms with Crippen LogP contribution in [0.1, 0.15) is 12.0 Å². The lowest BCUT2D eigenvalue weighted by atomic mass is 10.1. The van der Waals surface area contributed by atoms with Gasteiger partial charge in [0.1, 0.15) is 5.82 Å². The maximum atomic E-state index is 12.6. The molecule has 0 N–H and O–H groups in total. The van der Waals surface area contributed by atoms with Crippen molar-refractivity contribution < 1.29 is 4.39 Å². The first kappa shape index (κ1) is 10.8. The van der Waals surface area contributed by atoms with E-state index in [1.54, 1.807) is 6.07 Å². The Morgan fingerprint density at radius 3 is 2.93 bits per heavy atom. The molecule has 0 heterocycles. The van der Waals surface area contributed by atoms with Crippen molar-refractivity contribution in [3.05, 3.63) is 45.0 Å². The van der Waals surface area contributed by atoms with E-state index in [9.17, 15) is 4.39 Å². The zero-order valence-corrected chi connectivity index (χ0v) is 8.21. The molecule has 0 aliphatic carbocycles. The van der Waals surface area contributed by atoms with Gasteiger partial charge in [-0.25, -0.2) is 4.39 Å². The monoisotopic (exact) mass is 213 g/mol. The summed E-state index contributed by atoms with van der Waals surface area (Å²) >= 11 is 5.80. The van der Waals surface area contributed by atoms with Crippen molar-refractivity contribution in [2.45, 2.75) is 12.8 Å². The van der Waals surface area contributed by atoms with Gasteiger partial charge in [-0.3, -0.25) is 0 Å². The quantitative estimate of drug-likeness (QED) is 0.317. The highest BCUT2D eigenvalue weighted by atomic mass is 35.5. The molecule has 3 nitrogen and oxygen atoms in total. The molecule has 0 aliphatic rings. The summed E-state index contributed by atoms with van der Waals surface area (Å²) in [5, 5.41) is 3.82. The van der Waals surface area contributed by atoms with Crippen molar-refractivity contribution >= 4 is 11.6 Å². The van der Waals surface area contributed by atoms with E-state index in [1.165, 1.54) is 12.1 Å². The molecule has 74 valence electrons. The summed E-state index contributed by atoms with van der Waals surface area (Å²) < 4.78 is 12.6. The van der Waals surface area contributed by atoms with Gasteiger partial charge in [0.15, 0.2) is 0 Å². The fourth-order valence-corrected chi connectivity index (χ4v) is 1.37. The number of rotatable bonds is 4. The first-order valence-electron chi connectivity index (χ1n) is 4.19. The summed E-state index contributed by atoms with van der Waals surface area (Å²) in [6, 6.07) is 4.30. The van der Waals surface area contributed by atoms with Gasteiger partial charge in [0.2, 0.25) is 0 Å². The highest BCUT2D eigenvalue weighted by Crippen LogP contribution is 2.18. The molecule has 0 spiro atoms. The first-order valence-corrected chi connectivity index (χ1v) is 4.56. The third kappa shape index (κ3) is 3.24. The van der Waals surface area contributed by atoms with Crippen LogP contribution in [0.25, 0.3) is 10.4 Å². The van der Waals surface area contributed by atoms with Crippen LogP contribution in [0.3, 0.4) is 0 Å². The van der Waals surface area contributed by atoms with E-state index in [4.69, 9.17) is 17.1 Å². The standard InChI is InChI=1S/C9H9ClFN3/c10-9-6-8(11)4-3-7(9)2-1-5-13-14-12/h3-4,6H,1-2,5H2. The maximum Gasteiger partial charge on any atom is 0.124 e. The number of halogens is 2. The topological polar surface area (TPSA) is 48.8 Å². The Bertz CT molecular complexity index is 361. The summed E-state index contributed by atoms with van der Waals surface area (Å²) in [5.74, 6) is -0.339. The first-order chi connectivity index (χ1) is 6.74. The van der Waals surface area contributed by atoms with Gasteiger partial charge in [-0.05, 0) is 36.1 Å². The molecule has 0 aliphatic heterocycles. The smallest absolute Gasteiger partial charge is 0.124 e. The maximum absolute atomic E-state index is 12.6. The molecule has 0 bridgehead atoms. The molecule has 0 saturated carbocycles. The predicted octanol–water partition coefficient (Wildman–Crippen LogP) is 3.72. The van der Waals surface area contributed by atoms with Crippen molar-refractivity contribution in [2.24, 2.45) is 5.11 Å². The summed E-state index contributed by atoms with van der Waals surface area (Å²) in [7, 11) is 0. The molecular weight excluding hydrogens is 205 g/mol. The second kappa shape index (κ2) is 5.47. The van der Waals surface area contributed by atoms with Crippen LogP contribution < -0.4 is 0 Å². The molecule has 1 rings (SSSR count). The molecule has 0 radical (unpaired) electrons. The number of hydrogen-bond acceptors (Lipinski definition) is 1. The predicted molar refractivity (Wildman–Crippen MR) is 53.7 cm³/mol. The average Bonchev–Trinajstić information content (AvgIpc) is 2.15. The molecule has 0 amide bonds. The van der Waals surface area contributed by atoms with Crippen LogP contribution in [0.15, 0.2) is 23.3 Å². The Hall–Kier alpha value is -1.25. The third-order valence-corrected chi connectivity index (χ3v) is 2.13. The van der Waals surface area contributed by atoms with Crippen LogP contribution in [0.5, 0.6) is 0 Å². The van der Waals surface area contributed by atoms with Gasteiger partial charge in [-0.1, -0.05) is 22.8 Å². The van der Waals surface area contributed by atoms with E-state index >= 15 is 0 Å². The normalized spacial score (nSPS) is 9.57. The minimum atomic E-state index is -0.339. The van der Waals surface area contributed by atoms with E-state index in [0.29, 0.717) is 18.0 Å². The Morgan fingerprint density at radius 1 is 1.50 bits per heavy atom. The number of azide groups is 1. The van der Waals surface area contributed by atoms with Gasteiger partial charge in [0.25, 0.3) is 0 Å². The van der Waals surface area contributed by atoms with E-state index < -0.39 is 0 Å². The van der Waals surface area contributed by atoms with Crippen molar-refractivity contribution in [1.29, 1.82) is 0 Å². The summed E-state index contributed by atoms with van der Waals surface area (Å²) in [6.07, 6.45) is 1.41. The van der Waals surface area contributed by atoms with Crippen molar-refractivity contribution in [1.82, 2.24) is 0 Å². The lowest BCUT2D eigenvalue weighted by Crippen LogP contribution is -1.90. The van der Waals surface area contributed by atoms with E-state index in [0.717, 1.165) is 12.0 Å². The zero-order valence-electron chi connectivity index (χ0n) is 7.45. The molecule has 0 fully saturated rings. The van der Waals surface area contributed by atoms with Crippen LogP contribution in [0, 0.1) is 5.82 Å². The number of nitrogens with zero attached hydrogens (tertiary/aromatic N) is 3. The van der Waals surface area contributed by atoms with Crippen molar-refractivity contribution in [2.75, 3.05) is 6.54 Å². The number of aryl methyl sites for hydroxylation is 1. The molecule has 0 unspecified atom stereocenters. The van der Waals surface area contributed by atoms with E-state index in [1.807, 2.05) is 0 Å². The fourth-order valence-electron chi connectivity index (χ4n) is 1.11. The average molecular weight is 214 g/mol.